The molecule has 21 heavy (non-hydrogen) atoms. The maximum absolute atomic E-state index is 12.4. The van der Waals surface area contributed by atoms with Gasteiger partial charge in [-0.2, -0.15) is 0 Å². The van der Waals surface area contributed by atoms with Gasteiger partial charge in [-0.3, -0.25) is 9.69 Å². The Labute approximate surface area is 125 Å². The van der Waals surface area contributed by atoms with Crippen LogP contribution in [-0.4, -0.2) is 30.1 Å². The highest BCUT2D eigenvalue weighted by molar-refractivity contribution is 5.78. The van der Waals surface area contributed by atoms with Crippen molar-refractivity contribution in [2.45, 2.75) is 37.9 Å². The third-order valence-corrected chi connectivity index (χ3v) is 5.74. The molecule has 3 heteroatoms. The molecule has 0 unspecified atom stereocenters. The number of carbonyl (C=O) groups excluding carboxylic acids is 1. The fourth-order valence-corrected chi connectivity index (χ4v) is 4.53. The van der Waals surface area contributed by atoms with E-state index in [9.17, 15) is 4.79 Å². The Hall–Kier alpha value is -1.61. The molecule has 0 radical (unpaired) electrons. The Balaban J connectivity index is 1.72. The molecule has 4 rings (SSSR count). The van der Waals surface area contributed by atoms with Crippen LogP contribution < -0.4 is 0 Å². The van der Waals surface area contributed by atoms with Crippen molar-refractivity contribution in [2.24, 2.45) is 11.3 Å². The molecule has 110 valence electrons. The summed E-state index contributed by atoms with van der Waals surface area (Å²) in [6, 6.07) is 11.0. The van der Waals surface area contributed by atoms with Gasteiger partial charge in [-0.15, -0.1) is 0 Å². The summed E-state index contributed by atoms with van der Waals surface area (Å²) >= 11 is 0. The van der Waals surface area contributed by atoms with Crippen molar-refractivity contribution in [3.8, 4) is 0 Å². The van der Waals surface area contributed by atoms with Crippen LogP contribution in [0.25, 0.3) is 0 Å². The molecule has 1 saturated heterocycles. The highest BCUT2D eigenvalue weighted by Gasteiger charge is 2.68. The van der Waals surface area contributed by atoms with Gasteiger partial charge in [-0.05, 0) is 30.7 Å². The largest absolute Gasteiger partial charge is 0.468 e. The van der Waals surface area contributed by atoms with Crippen LogP contribution in [0.2, 0.25) is 0 Å². The molecule has 4 atom stereocenters. The Morgan fingerprint density at radius 1 is 1.29 bits per heavy atom. The van der Waals surface area contributed by atoms with Crippen LogP contribution in [0.1, 0.15) is 31.4 Å². The molecule has 0 N–H and O–H groups in total. The van der Waals surface area contributed by atoms with E-state index in [1.807, 2.05) is 6.07 Å². The molecule has 1 heterocycles. The number of hydrogen-bond acceptors (Lipinski definition) is 3. The summed E-state index contributed by atoms with van der Waals surface area (Å²) in [5.41, 5.74) is 1.59. The molecule has 1 aromatic carbocycles. The first-order chi connectivity index (χ1) is 10.2. The van der Waals surface area contributed by atoms with Crippen molar-refractivity contribution in [1.29, 1.82) is 0 Å². The molecule has 1 aromatic rings. The van der Waals surface area contributed by atoms with Gasteiger partial charge in [0.15, 0.2) is 0 Å². The Kier molecular flexibility index (Phi) is 2.77. The van der Waals surface area contributed by atoms with Gasteiger partial charge in [0.1, 0.15) is 6.04 Å². The lowest BCUT2D eigenvalue weighted by Crippen LogP contribution is -2.45. The predicted octanol–water partition coefficient (Wildman–Crippen LogP) is 2.94. The number of likely N-dealkylation sites (tertiary alicyclic amines) is 1. The standard InChI is InChI=1S/C18H21NO2/c1-12(13-6-4-3-5-7-13)19-15-9-8-14(18(15)10-11-18)16(19)17(20)21-2/h3-9,12,14-16H,10-11H2,1-2H3/t12-,14-,15-,16+/m0/s1. The molecule has 1 saturated carbocycles. The summed E-state index contributed by atoms with van der Waals surface area (Å²) < 4.78 is 5.11. The Morgan fingerprint density at radius 2 is 2.00 bits per heavy atom. The van der Waals surface area contributed by atoms with E-state index in [0.717, 1.165) is 0 Å². The van der Waals surface area contributed by atoms with Gasteiger partial charge < -0.3 is 4.74 Å². The fraction of sp³-hybridized carbons (Fsp3) is 0.500. The number of methoxy groups -OCH3 is 1. The van der Waals surface area contributed by atoms with E-state index in [4.69, 9.17) is 4.74 Å². The maximum atomic E-state index is 12.4. The lowest BCUT2D eigenvalue weighted by molar-refractivity contribution is -0.148. The molecule has 2 aliphatic carbocycles. The van der Waals surface area contributed by atoms with E-state index < -0.39 is 0 Å². The van der Waals surface area contributed by atoms with Gasteiger partial charge in [-0.1, -0.05) is 42.5 Å². The molecule has 0 amide bonds. The minimum Gasteiger partial charge on any atom is -0.468 e. The molecular weight excluding hydrogens is 262 g/mol. The fourth-order valence-electron chi connectivity index (χ4n) is 4.53. The predicted molar refractivity (Wildman–Crippen MR) is 80.6 cm³/mol. The normalized spacial score (nSPS) is 33.3. The molecular formula is C18H21NO2. The molecule has 2 fully saturated rings. The Bertz CT molecular complexity index is 590. The molecule has 3 nitrogen and oxygen atoms in total. The zero-order valence-electron chi connectivity index (χ0n) is 12.5. The summed E-state index contributed by atoms with van der Waals surface area (Å²) in [6.45, 7) is 2.20. The van der Waals surface area contributed by atoms with Crippen LogP contribution in [-0.2, 0) is 9.53 Å². The van der Waals surface area contributed by atoms with Crippen LogP contribution >= 0.6 is 0 Å². The summed E-state index contributed by atoms with van der Waals surface area (Å²) in [4.78, 5) is 14.8. The van der Waals surface area contributed by atoms with Crippen LogP contribution in [0.3, 0.4) is 0 Å². The van der Waals surface area contributed by atoms with Crippen LogP contribution in [0.5, 0.6) is 0 Å². The summed E-state index contributed by atoms with van der Waals surface area (Å²) in [7, 11) is 1.50. The zero-order chi connectivity index (χ0) is 14.6. The van der Waals surface area contributed by atoms with Crippen LogP contribution in [0.4, 0.5) is 0 Å². The van der Waals surface area contributed by atoms with Crippen LogP contribution in [0.15, 0.2) is 42.5 Å². The minimum atomic E-state index is -0.122. The lowest BCUT2D eigenvalue weighted by atomic mass is 9.89. The van der Waals surface area contributed by atoms with Crippen molar-refractivity contribution >= 4 is 5.97 Å². The van der Waals surface area contributed by atoms with Gasteiger partial charge in [0.25, 0.3) is 0 Å². The van der Waals surface area contributed by atoms with E-state index in [-0.39, 0.29) is 18.1 Å². The van der Waals surface area contributed by atoms with Crippen molar-refractivity contribution in [1.82, 2.24) is 4.90 Å². The van der Waals surface area contributed by atoms with Gasteiger partial charge in [0.05, 0.1) is 7.11 Å². The second-order valence-electron chi connectivity index (χ2n) is 6.59. The molecule has 1 aliphatic heterocycles. The Morgan fingerprint density at radius 3 is 2.62 bits per heavy atom. The van der Waals surface area contributed by atoms with E-state index >= 15 is 0 Å². The summed E-state index contributed by atoms with van der Waals surface area (Å²) in [5.74, 6) is 0.252. The maximum Gasteiger partial charge on any atom is 0.323 e. The van der Waals surface area contributed by atoms with Crippen molar-refractivity contribution in [3.63, 3.8) is 0 Å². The molecule has 0 aromatic heterocycles. The topological polar surface area (TPSA) is 29.5 Å². The number of ether oxygens (including phenoxy) is 1. The van der Waals surface area contributed by atoms with E-state index in [1.54, 1.807) is 0 Å². The second kappa shape index (κ2) is 4.44. The monoisotopic (exact) mass is 283 g/mol. The molecule has 3 aliphatic rings. The number of carbonyl (C=O) groups is 1. The average molecular weight is 283 g/mol. The highest BCUT2D eigenvalue weighted by atomic mass is 16.5. The smallest absolute Gasteiger partial charge is 0.323 e. The first-order valence-electron chi connectivity index (χ1n) is 7.77. The number of rotatable bonds is 3. The van der Waals surface area contributed by atoms with Gasteiger partial charge in [0, 0.05) is 18.0 Å². The highest BCUT2D eigenvalue weighted by Crippen LogP contribution is 2.67. The first kappa shape index (κ1) is 13.1. The molecule has 1 spiro atoms. The number of nitrogens with zero attached hydrogens (tertiary/aromatic N) is 1. The van der Waals surface area contributed by atoms with Gasteiger partial charge >= 0.3 is 5.97 Å². The molecule has 2 bridgehead atoms. The summed E-state index contributed by atoms with van der Waals surface area (Å²) in [6.07, 6.45) is 7.05. The van der Waals surface area contributed by atoms with Crippen molar-refractivity contribution in [2.75, 3.05) is 7.11 Å². The zero-order valence-corrected chi connectivity index (χ0v) is 12.5. The van der Waals surface area contributed by atoms with Crippen molar-refractivity contribution in [3.05, 3.63) is 48.0 Å². The number of hydrogen-bond donors (Lipinski definition) is 0. The SMILES string of the molecule is COC(=O)[C@H]1[C@@H]2C=C[C@H](N1[C@@H](C)c1ccccc1)C21CC1. The number of esters is 1. The van der Waals surface area contributed by atoms with Gasteiger partial charge in [-0.25, -0.2) is 0 Å². The minimum absolute atomic E-state index is 0.0825. The quantitative estimate of drug-likeness (QED) is 0.631. The lowest BCUT2D eigenvalue weighted by Gasteiger charge is -2.36. The van der Waals surface area contributed by atoms with Crippen molar-refractivity contribution < 1.29 is 9.53 Å². The average Bonchev–Trinajstić information content (AvgIpc) is 3.20. The first-order valence-corrected chi connectivity index (χ1v) is 7.77. The van der Waals surface area contributed by atoms with E-state index in [2.05, 4.69) is 48.2 Å². The third-order valence-electron chi connectivity index (χ3n) is 5.74. The second-order valence-corrected chi connectivity index (χ2v) is 6.59. The number of benzene rings is 1. The van der Waals surface area contributed by atoms with E-state index in [1.165, 1.54) is 25.5 Å². The summed E-state index contributed by atoms with van der Waals surface area (Å²) in [5, 5.41) is 0. The van der Waals surface area contributed by atoms with Crippen LogP contribution in [0, 0.1) is 11.3 Å². The third kappa shape index (κ3) is 1.67. The van der Waals surface area contributed by atoms with Gasteiger partial charge in [0.2, 0.25) is 0 Å². The van der Waals surface area contributed by atoms with E-state index in [0.29, 0.717) is 17.4 Å².